The summed E-state index contributed by atoms with van der Waals surface area (Å²) in [5.74, 6) is 1.46. The third-order valence-electron chi connectivity index (χ3n) is 6.24. The summed E-state index contributed by atoms with van der Waals surface area (Å²) in [6.07, 6.45) is 1.31. The molecule has 10 nitrogen and oxygen atoms in total. The number of nitriles is 1. The van der Waals surface area contributed by atoms with Crippen LogP contribution >= 0.6 is 0 Å². The number of halogens is 3. The van der Waals surface area contributed by atoms with Crippen molar-refractivity contribution >= 4 is 5.95 Å². The molecule has 1 aliphatic carbocycles. The zero-order chi connectivity index (χ0) is 23.0. The van der Waals surface area contributed by atoms with Gasteiger partial charge >= 0.3 is 6.18 Å². The number of aromatic nitrogens is 5. The highest BCUT2D eigenvalue weighted by Crippen LogP contribution is 2.37. The van der Waals surface area contributed by atoms with Crippen LogP contribution in [0.5, 0.6) is 5.88 Å². The molecule has 2 atom stereocenters. The topological polar surface area (TPSA) is 114 Å². The van der Waals surface area contributed by atoms with Gasteiger partial charge in [-0.3, -0.25) is 0 Å². The normalized spacial score (nSPS) is 23.4. The van der Waals surface area contributed by atoms with E-state index in [1.54, 1.807) is 4.90 Å². The lowest BCUT2D eigenvalue weighted by molar-refractivity contribution is -0.142. The zero-order valence-electron chi connectivity index (χ0n) is 17.8. The van der Waals surface area contributed by atoms with Gasteiger partial charge in [-0.25, -0.2) is 4.98 Å². The van der Waals surface area contributed by atoms with Crippen molar-refractivity contribution in [2.45, 2.75) is 63.0 Å². The summed E-state index contributed by atoms with van der Waals surface area (Å²) < 4.78 is 52.6. The van der Waals surface area contributed by atoms with E-state index in [9.17, 15) is 13.2 Å². The molecule has 0 bridgehead atoms. The first-order chi connectivity index (χ1) is 15.9. The van der Waals surface area contributed by atoms with E-state index in [-0.39, 0.29) is 31.1 Å². The van der Waals surface area contributed by atoms with Crippen LogP contribution in [0, 0.1) is 11.5 Å². The van der Waals surface area contributed by atoms with Crippen molar-refractivity contribution < 1.29 is 22.6 Å². The molecule has 0 radical (unpaired) electrons. The number of hydrogen-bond acceptors (Lipinski definition) is 9. The molecule has 2 aromatic heterocycles. The Morgan fingerprint density at radius 3 is 2.79 bits per heavy atom. The van der Waals surface area contributed by atoms with Gasteiger partial charge in [0.25, 0.3) is 0 Å². The minimum Gasteiger partial charge on any atom is -0.469 e. The lowest BCUT2D eigenvalue weighted by Crippen LogP contribution is -2.39. The van der Waals surface area contributed by atoms with Crippen molar-refractivity contribution in [1.29, 1.82) is 5.26 Å². The molecule has 13 heteroatoms. The van der Waals surface area contributed by atoms with Gasteiger partial charge in [0.15, 0.2) is 12.0 Å². The molecular formula is C20H23F3N8O2. The number of nitrogens with one attached hydrogen (secondary N) is 1. The van der Waals surface area contributed by atoms with Gasteiger partial charge in [0.1, 0.15) is 17.5 Å². The molecule has 0 amide bonds. The van der Waals surface area contributed by atoms with E-state index < -0.39 is 23.7 Å². The molecular weight excluding hydrogens is 441 g/mol. The van der Waals surface area contributed by atoms with Crippen LogP contribution in [-0.2, 0) is 24.0 Å². The summed E-state index contributed by atoms with van der Waals surface area (Å²) in [6.45, 7) is 2.21. The number of rotatable bonds is 5. The second kappa shape index (κ2) is 8.66. The van der Waals surface area contributed by atoms with Gasteiger partial charge in [0.2, 0.25) is 11.8 Å². The van der Waals surface area contributed by atoms with Crippen molar-refractivity contribution in [3.8, 4) is 12.1 Å². The van der Waals surface area contributed by atoms with Crippen molar-refractivity contribution in [3.05, 3.63) is 23.4 Å². The minimum atomic E-state index is -4.61. The molecule has 0 aromatic carbocycles. The third-order valence-corrected chi connectivity index (χ3v) is 6.24. The molecule has 1 saturated heterocycles. The first-order valence-corrected chi connectivity index (χ1v) is 10.9. The van der Waals surface area contributed by atoms with Crippen LogP contribution in [0.2, 0.25) is 0 Å². The molecule has 4 heterocycles. The van der Waals surface area contributed by atoms with E-state index in [2.05, 4.69) is 36.2 Å². The lowest BCUT2D eigenvalue weighted by Gasteiger charge is -2.31. The van der Waals surface area contributed by atoms with E-state index in [1.165, 1.54) is 0 Å². The van der Waals surface area contributed by atoms with Gasteiger partial charge in [-0.1, -0.05) is 6.42 Å². The van der Waals surface area contributed by atoms with E-state index in [0.29, 0.717) is 19.6 Å². The lowest BCUT2D eigenvalue weighted by atomic mass is 9.85. The standard InChI is InChI=1S/C20H23F3N8O2/c21-20(22,23)15-7-25-19(27-18(15)33-14-9-32-10-14)26-13-3-1-2-12(6-13)17-29-28-16-8-30(11-24)4-5-31(16)17/h7,12-14H,1-6,8-10H2,(H,25,26,27)/t12-,13+/m0/s1. The van der Waals surface area contributed by atoms with Crippen LogP contribution < -0.4 is 10.1 Å². The van der Waals surface area contributed by atoms with E-state index >= 15 is 0 Å². The third kappa shape index (κ3) is 4.52. The fraction of sp³-hybridized carbons (Fsp3) is 0.650. The Morgan fingerprint density at radius 1 is 1.21 bits per heavy atom. The van der Waals surface area contributed by atoms with Gasteiger partial charge in [0.05, 0.1) is 19.8 Å². The van der Waals surface area contributed by atoms with E-state index in [0.717, 1.165) is 43.5 Å². The minimum absolute atomic E-state index is 0.0208. The average molecular weight is 464 g/mol. The first-order valence-electron chi connectivity index (χ1n) is 10.9. The van der Waals surface area contributed by atoms with Crippen LogP contribution in [0.1, 0.15) is 48.8 Å². The molecule has 0 spiro atoms. The van der Waals surface area contributed by atoms with Crippen molar-refractivity contribution in [1.82, 2.24) is 29.6 Å². The van der Waals surface area contributed by atoms with Crippen molar-refractivity contribution in [2.24, 2.45) is 0 Å². The summed E-state index contributed by atoms with van der Waals surface area (Å²) in [5.41, 5.74) is -0.997. The molecule has 2 aromatic rings. The van der Waals surface area contributed by atoms with Crippen molar-refractivity contribution in [3.63, 3.8) is 0 Å². The summed E-state index contributed by atoms with van der Waals surface area (Å²) in [5, 5.41) is 21.0. The van der Waals surface area contributed by atoms with Gasteiger partial charge in [-0.05, 0) is 19.3 Å². The van der Waals surface area contributed by atoms with Crippen LogP contribution in [0.3, 0.4) is 0 Å². The van der Waals surface area contributed by atoms with Crippen LogP contribution in [0.4, 0.5) is 19.1 Å². The van der Waals surface area contributed by atoms with Crippen molar-refractivity contribution in [2.75, 3.05) is 25.1 Å². The maximum absolute atomic E-state index is 13.4. The number of alkyl halides is 3. The monoisotopic (exact) mass is 464 g/mol. The summed E-state index contributed by atoms with van der Waals surface area (Å²) in [4.78, 5) is 9.59. The Morgan fingerprint density at radius 2 is 2.06 bits per heavy atom. The Kier molecular flexibility index (Phi) is 5.69. The van der Waals surface area contributed by atoms with Crippen LogP contribution in [0.15, 0.2) is 6.20 Å². The molecule has 3 aliphatic rings. The molecule has 2 fully saturated rings. The molecule has 1 saturated carbocycles. The SMILES string of the molecule is N#CN1CCn2c(nnc2[C@H]2CCC[C@@H](Nc3ncc(C(F)(F)F)c(OC4COC4)n3)C2)C1. The largest absolute Gasteiger partial charge is 0.469 e. The second-order valence-electron chi connectivity index (χ2n) is 8.54. The number of ether oxygens (including phenoxy) is 2. The fourth-order valence-electron chi connectivity index (χ4n) is 4.47. The van der Waals surface area contributed by atoms with Gasteiger partial charge in [-0.2, -0.15) is 23.4 Å². The summed E-state index contributed by atoms with van der Waals surface area (Å²) in [6, 6.07) is -0.0208. The van der Waals surface area contributed by atoms with Gasteiger partial charge in [-0.15, -0.1) is 10.2 Å². The predicted octanol–water partition coefficient (Wildman–Crippen LogP) is 2.30. The molecule has 176 valence electrons. The highest BCUT2D eigenvalue weighted by Gasteiger charge is 2.38. The number of nitrogens with zero attached hydrogens (tertiary/aromatic N) is 7. The van der Waals surface area contributed by atoms with Gasteiger partial charge < -0.3 is 24.3 Å². The first kappa shape index (κ1) is 21.7. The fourth-order valence-corrected chi connectivity index (χ4v) is 4.47. The van der Waals surface area contributed by atoms with E-state index in [1.807, 2.05) is 0 Å². The molecule has 5 rings (SSSR count). The van der Waals surface area contributed by atoms with E-state index in [4.69, 9.17) is 14.7 Å². The smallest absolute Gasteiger partial charge is 0.423 e. The number of anilines is 1. The van der Waals surface area contributed by atoms with Crippen LogP contribution in [-0.4, -0.2) is 61.5 Å². The summed E-state index contributed by atoms with van der Waals surface area (Å²) >= 11 is 0. The predicted molar refractivity (Wildman–Crippen MR) is 107 cm³/mol. The highest BCUT2D eigenvalue weighted by atomic mass is 19.4. The maximum Gasteiger partial charge on any atom is 0.423 e. The number of fused-ring (bicyclic) bond motifs is 1. The molecule has 2 aliphatic heterocycles. The maximum atomic E-state index is 13.4. The molecule has 1 N–H and O–H groups in total. The average Bonchev–Trinajstić information content (AvgIpc) is 3.19. The second-order valence-corrected chi connectivity index (χ2v) is 8.54. The summed E-state index contributed by atoms with van der Waals surface area (Å²) in [7, 11) is 0. The Bertz CT molecular complexity index is 1050. The quantitative estimate of drug-likeness (QED) is 0.666. The number of hydrogen-bond donors (Lipinski definition) is 1. The highest BCUT2D eigenvalue weighted by molar-refractivity contribution is 5.36. The van der Waals surface area contributed by atoms with Crippen LogP contribution in [0.25, 0.3) is 0 Å². The Labute approximate surface area is 187 Å². The van der Waals surface area contributed by atoms with Gasteiger partial charge in [0, 0.05) is 31.2 Å². The molecule has 0 unspecified atom stereocenters. The Balaban J connectivity index is 1.30. The zero-order valence-corrected chi connectivity index (χ0v) is 17.8. The Hall–Kier alpha value is -3.14. The molecule has 33 heavy (non-hydrogen) atoms.